The van der Waals surface area contributed by atoms with Gasteiger partial charge in [0.25, 0.3) is 11.5 Å². The number of benzene rings is 3. The molecule has 1 aromatic heterocycles. The monoisotopic (exact) mass is 566 g/mol. The van der Waals surface area contributed by atoms with Gasteiger partial charge in [-0.1, -0.05) is 53.0 Å². The molecule has 5 rings (SSSR count). The Balaban J connectivity index is 1.39. The molecule has 12 heteroatoms. The summed E-state index contributed by atoms with van der Waals surface area (Å²) in [6, 6.07) is 15.7. The molecule has 0 aliphatic carbocycles. The summed E-state index contributed by atoms with van der Waals surface area (Å²) in [5.41, 5.74) is 0.661. The molecule has 1 aliphatic rings. The van der Waals surface area contributed by atoms with E-state index >= 15 is 0 Å². The average Bonchev–Trinajstić information content (AvgIpc) is 2.87. The van der Waals surface area contributed by atoms with Crippen molar-refractivity contribution >= 4 is 35.1 Å². The van der Waals surface area contributed by atoms with Crippen molar-refractivity contribution in [3.05, 3.63) is 113 Å². The molecule has 1 aliphatic heterocycles. The smallest absolute Gasteiger partial charge is 0.362 e. The number of aryl methyl sites for hydroxylation is 1. The Morgan fingerprint density at radius 3 is 2.51 bits per heavy atom. The maximum absolute atomic E-state index is 13.1. The summed E-state index contributed by atoms with van der Waals surface area (Å²) in [4.78, 5) is 52.0. The molecule has 0 unspecified atom stereocenters. The first-order valence-corrected chi connectivity index (χ1v) is 12.5. The van der Waals surface area contributed by atoms with Crippen LogP contribution in [0, 0.1) is 6.92 Å². The molecular weight excluding hydrogens is 547 g/mol. The van der Waals surface area contributed by atoms with Crippen LogP contribution in [0.5, 0.6) is 11.5 Å². The van der Waals surface area contributed by atoms with Gasteiger partial charge in [0.1, 0.15) is 5.75 Å². The minimum absolute atomic E-state index is 0.00685. The van der Waals surface area contributed by atoms with Crippen LogP contribution >= 0.6 is 23.2 Å². The number of carboxylic acid groups (broad SMARTS) is 1. The highest BCUT2D eigenvalue weighted by Crippen LogP contribution is 2.39. The number of carbonyl (C=O) groups is 2. The first kappa shape index (κ1) is 26.2. The predicted molar refractivity (Wildman–Crippen MR) is 144 cm³/mol. The largest absolute Gasteiger partial charge is 0.476 e. The fraction of sp³-hybridized carbons (Fsp3) is 0.148. The Kier molecular flexibility index (Phi) is 6.98. The number of hydrogen-bond donors (Lipinski definition) is 2. The van der Waals surface area contributed by atoms with E-state index in [9.17, 15) is 19.2 Å². The zero-order valence-corrected chi connectivity index (χ0v) is 21.9. The Morgan fingerprint density at radius 1 is 1.08 bits per heavy atom. The van der Waals surface area contributed by atoms with Crippen LogP contribution in [0.4, 0.5) is 0 Å². The number of rotatable bonds is 6. The number of amides is 1. The van der Waals surface area contributed by atoms with Crippen LogP contribution in [0.25, 0.3) is 5.69 Å². The van der Waals surface area contributed by atoms with E-state index in [-0.39, 0.29) is 27.4 Å². The third-order valence-electron chi connectivity index (χ3n) is 6.18. The SMILES string of the molecule is Cc1cccc(CN2CCc3cc(Oc4c(Cl)cc(-n5nc(C(=O)O)c(=O)[nH]c5=O)cc4Cl)ccc3C2=O)c1. The van der Waals surface area contributed by atoms with Gasteiger partial charge < -0.3 is 14.7 Å². The van der Waals surface area contributed by atoms with Crippen LogP contribution in [0.15, 0.2) is 64.2 Å². The van der Waals surface area contributed by atoms with E-state index in [2.05, 4.69) is 11.2 Å². The van der Waals surface area contributed by atoms with Gasteiger partial charge in [-0.25, -0.2) is 9.59 Å². The molecule has 2 heterocycles. The molecule has 10 nitrogen and oxygen atoms in total. The first-order valence-electron chi connectivity index (χ1n) is 11.7. The minimum Gasteiger partial charge on any atom is -0.476 e. The van der Waals surface area contributed by atoms with Crippen molar-refractivity contribution in [2.75, 3.05) is 6.54 Å². The number of aromatic carboxylic acids is 1. The topological polar surface area (TPSA) is 135 Å². The molecule has 3 aromatic carbocycles. The summed E-state index contributed by atoms with van der Waals surface area (Å²) in [5.74, 6) is -1.19. The highest BCUT2D eigenvalue weighted by Gasteiger charge is 2.25. The average molecular weight is 567 g/mol. The van der Waals surface area contributed by atoms with Crippen LogP contribution in [0.2, 0.25) is 10.0 Å². The number of hydrogen-bond acceptors (Lipinski definition) is 6. The molecule has 2 N–H and O–H groups in total. The van der Waals surface area contributed by atoms with Crippen molar-refractivity contribution in [1.29, 1.82) is 0 Å². The van der Waals surface area contributed by atoms with Gasteiger partial charge >= 0.3 is 11.7 Å². The lowest BCUT2D eigenvalue weighted by atomic mass is 9.98. The number of carbonyl (C=O) groups excluding carboxylic acids is 1. The van der Waals surface area contributed by atoms with Crippen molar-refractivity contribution < 1.29 is 19.4 Å². The molecule has 0 radical (unpaired) electrons. The Bertz CT molecular complexity index is 1740. The molecule has 1 amide bonds. The van der Waals surface area contributed by atoms with Crippen molar-refractivity contribution in [2.24, 2.45) is 0 Å². The summed E-state index contributed by atoms with van der Waals surface area (Å²) < 4.78 is 6.60. The van der Waals surface area contributed by atoms with Gasteiger partial charge in [0.15, 0.2) is 5.75 Å². The summed E-state index contributed by atoms with van der Waals surface area (Å²) in [5, 5.41) is 12.8. The number of aromatic amines is 1. The second-order valence-electron chi connectivity index (χ2n) is 8.95. The fourth-order valence-corrected chi connectivity index (χ4v) is 4.91. The lowest BCUT2D eigenvalue weighted by Gasteiger charge is -2.29. The number of carboxylic acids is 1. The Hall–Kier alpha value is -4.41. The molecule has 198 valence electrons. The van der Waals surface area contributed by atoms with E-state index < -0.39 is 22.9 Å². The minimum atomic E-state index is -1.61. The van der Waals surface area contributed by atoms with Gasteiger partial charge in [-0.05, 0) is 54.8 Å². The van der Waals surface area contributed by atoms with Gasteiger partial charge in [0.05, 0.1) is 15.7 Å². The maximum Gasteiger partial charge on any atom is 0.362 e. The Labute approximate surface area is 231 Å². The number of ether oxygens (including phenoxy) is 1. The predicted octanol–water partition coefficient (Wildman–Crippen LogP) is 4.23. The zero-order chi connectivity index (χ0) is 27.8. The van der Waals surface area contributed by atoms with E-state index in [0.717, 1.165) is 16.7 Å². The quantitative estimate of drug-likeness (QED) is 0.356. The van der Waals surface area contributed by atoms with Gasteiger partial charge in [0, 0.05) is 18.7 Å². The molecule has 0 fully saturated rings. The zero-order valence-electron chi connectivity index (χ0n) is 20.4. The molecule has 0 spiro atoms. The normalized spacial score (nSPS) is 12.8. The molecule has 4 aromatic rings. The standard InChI is InChI=1S/C27H20Cl2N4O6/c1-14-3-2-4-15(9-14)13-32-8-7-16-10-18(5-6-19(16)25(32)35)39-23-20(28)11-17(12-21(23)29)33-27(38)30-24(34)22(31-33)26(36)37/h2-6,9-12H,7-8,13H2,1H3,(H,36,37)(H,30,34,38). The summed E-state index contributed by atoms with van der Waals surface area (Å²) in [6.07, 6.45) is 0.636. The second kappa shape index (κ2) is 10.4. The van der Waals surface area contributed by atoms with Crippen LogP contribution in [-0.4, -0.2) is 43.2 Å². The van der Waals surface area contributed by atoms with Gasteiger partial charge in [0.2, 0.25) is 5.69 Å². The number of halogens is 2. The van der Waals surface area contributed by atoms with Gasteiger partial charge in [-0.2, -0.15) is 9.78 Å². The molecule has 0 atom stereocenters. The van der Waals surface area contributed by atoms with Crippen LogP contribution in [0.1, 0.15) is 37.5 Å². The van der Waals surface area contributed by atoms with Crippen LogP contribution in [0.3, 0.4) is 0 Å². The van der Waals surface area contributed by atoms with Crippen LogP contribution < -0.4 is 16.0 Å². The second-order valence-corrected chi connectivity index (χ2v) is 9.76. The molecule has 39 heavy (non-hydrogen) atoms. The molecule has 0 bridgehead atoms. The summed E-state index contributed by atoms with van der Waals surface area (Å²) in [6.45, 7) is 3.09. The highest BCUT2D eigenvalue weighted by molar-refractivity contribution is 6.37. The van der Waals surface area contributed by atoms with E-state index in [1.807, 2.05) is 35.0 Å². The first-order chi connectivity index (χ1) is 18.6. The Morgan fingerprint density at radius 2 is 1.82 bits per heavy atom. The molecular formula is C27H20Cl2N4O6. The summed E-state index contributed by atoms with van der Waals surface area (Å²) >= 11 is 12.8. The van der Waals surface area contributed by atoms with Crippen LogP contribution in [-0.2, 0) is 13.0 Å². The third kappa shape index (κ3) is 5.29. The lowest BCUT2D eigenvalue weighted by Crippen LogP contribution is -2.37. The van der Waals surface area contributed by atoms with Crippen molar-refractivity contribution in [3.63, 3.8) is 0 Å². The number of H-pyrrole nitrogens is 1. The number of nitrogens with zero attached hydrogens (tertiary/aromatic N) is 3. The number of fused-ring (bicyclic) bond motifs is 1. The maximum atomic E-state index is 13.1. The van der Waals surface area contributed by atoms with Crippen molar-refractivity contribution in [2.45, 2.75) is 19.9 Å². The number of aromatic nitrogens is 3. The van der Waals surface area contributed by atoms with E-state index in [0.29, 0.717) is 35.5 Å². The molecule has 0 saturated heterocycles. The third-order valence-corrected chi connectivity index (χ3v) is 6.74. The van der Waals surface area contributed by atoms with Crippen molar-refractivity contribution in [1.82, 2.24) is 19.7 Å². The summed E-state index contributed by atoms with van der Waals surface area (Å²) in [7, 11) is 0. The van der Waals surface area contributed by atoms with E-state index in [1.54, 1.807) is 18.2 Å². The molecule has 0 saturated carbocycles. The fourth-order valence-electron chi connectivity index (χ4n) is 4.36. The number of nitrogens with one attached hydrogen (secondary N) is 1. The van der Waals surface area contributed by atoms with Gasteiger partial charge in [-0.3, -0.25) is 14.6 Å². The van der Waals surface area contributed by atoms with E-state index in [1.165, 1.54) is 12.1 Å². The highest BCUT2D eigenvalue weighted by atomic mass is 35.5. The lowest BCUT2D eigenvalue weighted by molar-refractivity contribution is 0.0683. The van der Waals surface area contributed by atoms with Crippen molar-refractivity contribution in [3.8, 4) is 17.2 Å². The van der Waals surface area contributed by atoms with Gasteiger partial charge in [-0.15, -0.1) is 0 Å². The van der Waals surface area contributed by atoms with E-state index in [4.69, 9.17) is 33.0 Å².